The predicted octanol–water partition coefficient (Wildman–Crippen LogP) is 5.04. The number of halogens is 3. The molecule has 3 nitrogen and oxygen atoms in total. The van der Waals surface area contributed by atoms with Crippen molar-refractivity contribution >= 4 is 58.2 Å². The number of hydrogen-bond donors (Lipinski definition) is 1. The molecule has 0 unspecified atom stereocenters. The molecular weight excluding hydrogens is 325 g/mol. The largest absolute Gasteiger partial charge is 0.329 e. The summed E-state index contributed by atoms with van der Waals surface area (Å²) >= 11 is 23.5. The number of benzene rings is 1. The Kier molecular flexibility index (Phi) is 3.27. The zero-order chi connectivity index (χ0) is 13.6. The molecule has 0 atom stereocenters. The lowest BCUT2D eigenvalue weighted by atomic mass is 10.3. The first-order chi connectivity index (χ1) is 9.08. The molecule has 0 bridgehead atoms. The standard InChI is InChI=1S/C12H6Cl3N3S/c13-6-4-8-11(16-5-6)18(12(19)17-8)9-3-1-2-7(14)10(9)15/h1-5H,(H,17,19). The molecule has 0 aliphatic heterocycles. The minimum atomic E-state index is 0.429. The molecule has 0 radical (unpaired) electrons. The van der Waals surface area contributed by atoms with Gasteiger partial charge in [-0.2, -0.15) is 0 Å². The number of imidazole rings is 1. The second-order valence-electron chi connectivity index (χ2n) is 3.86. The van der Waals surface area contributed by atoms with Gasteiger partial charge in [-0.1, -0.05) is 40.9 Å². The van der Waals surface area contributed by atoms with Crippen LogP contribution in [0.4, 0.5) is 0 Å². The number of nitrogens with zero attached hydrogens (tertiary/aromatic N) is 2. The molecule has 0 aliphatic carbocycles. The Morgan fingerprint density at radius 3 is 2.79 bits per heavy atom. The average Bonchev–Trinajstić information content (AvgIpc) is 2.68. The van der Waals surface area contributed by atoms with Crippen molar-refractivity contribution in [3.8, 4) is 5.69 Å². The molecule has 2 aromatic heterocycles. The Morgan fingerprint density at radius 2 is 2.00 bits per heavy atom. The Labute approximate surface area is 128 Å². The SMILES string of the molecule is S=c1[nH]c2cc(Cl)cnc2n1-c1cccc(Cl)c1Cl. The highest BCUT2D eigenvalue weighted by molar-refractivity contribution is 7.71. The quantitative estimate of drug-likeness (QED) is 0.634. The topological polar surface area (TPSA) is 33.6 Å². The lowest BCUT2D eigenvalue weighted by Crippen LogP contribution is -1.96. The van der Waals surface area contributed by atoms with Gasteiger partial charge in [0.2, 0.25) is 0 Å². The minimum Gasteiger partial charge on any atom is -0.329 e. The normalized spacial score (nSPS) is 11.1. The van der Waals surface area contributed by atoms with Crippen molar-refractivity contribution in [3.63, 3.8) is 0 Å². The summed E-state index contributed by atoms with van der Waals surface area (Å²) in [5, 5.41) is 1.43. The third-order valence-electron chi connectivity index (χ3n) is 2.66. The summed E-state index contributed by atoms with van der Waals surface area (Å²) in [7, 11) is 0. The molecule has 3 aromatic rings. The monoisotopic (exact) mass is 329 g/mol. The van der Waals surface area contributed by atoms with E-state index in [4.69, 9.17) is 47.0 Å². The maximum atomic E-state index is 6.22. The highest BCUT2D eigenvalue weighted by atomic mass is 35.5. The number of fused-ring (bicyclic) bond motifs is 1. The number of rotatable bonds is 1. The van der Waals surface area contributed by atoms with Gasteiger partial charge in [-0.25, -0.2) is 4.98 Å². The summed E-state index contributed by atoms with van der Waals surface area (Å²) in [4.78, 5) is 7.32. The number of aromatic amines is 1. The van der Waals surface area contributed by atoms with Crippen LogP contribution in [0.1, 0.15) is 0 Å². The second kappa shape index (κ2) is 4.80. The van der Waals surface area contributed by atoms with E-state index in [0.717, 1.165) is 5.52 Å². The molecule has 1 N–H and O–H groups in total. The molecule has 0 amide bonds. The van der Waals surface area contributed by atoms with Crippen LogP contribution in [0.2, 0.25) is 15.1 Å². The summed E-state index contributed by atoms with van der Waals surface area (Å²) in [5.74, 6) is 0. The zero-order valence-electron chi connectivity index (χ0n) is 9.32. The van der Waals surface area contributed by atoms with Crippen molar-refractivity contribution in [2.45, 2.75) is 0 Å². The lowest BCUT2D eigenvalue weighted by Gasteiger charge is -2.07. The molecule has 3 rings (SSSR count). The van der Waals surface area contributed by atoms with Gasteiger partial charge in [0.25, 0.3) is 0 Å². The van der Waals surface area contributed by atoms with E-state index in [1.54, 1.807) is 29.0 Å². The minimum absolute atomic E-state index is 0.429. The molecule has 1 aromatic carbocycles. The van der Waals surface area contributed by atoms with Crippen LogP contribution in [-0.2, 0) is 0 Å². The molecule has 0 fully saturated rings. The predicted molar refractivity (Wildman–Crippen MR) is 81.3 cm³/mol. The van der Waals surface area contributed by atoms with E-state index in [1.165, 1.54) is 0 Å². The first-order valence-corrected chi connectivity index (χ1v) is 6.83. The van der Waals surface area contributed by atoms with Gasteiger partial charge in [-0.15, -0.1) is 0 Å². The molecule has 7 heteroatoms. The summed E-state index contributed by atoms with van der Waals surface area (Å²) in [6.45, 7) is 0. The number of H-pyrrole nitrogens is 1. The highest BCUT2D eigenvalue weighted by Gasteiger charge is 2.12. The van der Waals surface area contributed by atoms with Crippen LogP contribution in [0.5, 0.6) is 0 Å². The van der Waals surface area contributed by atoms with Crippen molar-refractivity contribution in [2.24, 2.45) is 0 Å². The second-order valence-corrected chi connectivity index (χ2v) is 5.47. The van der Waals surface area contributed by atoms with E-state index in [0.29, 0.717) is 31.2 Å². The molecule has 96 valence electrons. The van der Waals surface area contributed by atoms with Crippen molar-refractivity contribution in [1.82, 2.24) is 14.5 Å². The van der Waals surface area contributed by atoms with Crippen molar-refractivity contribution in [3.05, 3.63) is 50.3 Å². The highest BCUT2D eigenvalue weighted by Crippen LogP contribution is 2.30. The Morgan fingerprint density at radius 1 is 1.21 bits per heavy atom. The molecule has 0 aliphatic rings. The fourth-order valence-electron chi connectivity index (χ4n) is 1.86. The van der Waals surface area contributed by atoms with Gasteiger partial charge in [0, 0.05) is 6.20 Å². The summed E-state index contributed by atoms with van der Waals surface area (Å²) in [6.07, 6.45) is 1.56. The van der Waals surface area contributed by atoms with E-state index < -0.39 is 0 Å². The fraction of sp³-hybridized carbons (Fsp3) is 0. The van der Waals surface area contributed by atoms with Gasteiger partial charge in [0.1, 0.15) is 0 Å². The van der Waals surface area contributed by atoms with E-state index >= 15 is 0 Å². The molecule has 0 saturated carbocycles. The zero-order valence-corrected chi connectivity index (χ0v) is 12.4. The average molecular weight is 331 g/mol. The van der Waals surface area contributed by atoms with Crippen LogP contribution in [-0.4, -0.2) is 14.5 Å². The van der Waals surface area contributed by atoms with Crippen molar-refractivity contribution in [1.29, 1.82) is 0 Å². The third kappa shape index (κ3) is 2.15. The summed E-state index contributed by atoms with van der Waals surface area (Å²) in [6, 6.07) is 7.11. The van der Waals surface area contributed by atoms with Crippen LogP contribution < -0.4 is 0 Å². The van der Waals surface area contributed by atoms with Gasteiger partial charge in [-0.05, 0) is 30.4 Å². The van der Waals surface area contributed by atoms with Gasteiger partial charge in [0.05, 0.1) is 26.3 Å². The molecule has 0 saturated heterocycles. The fourth-order valence-corrected chi connectivity index (χ4v) is 2.69. The van der Waals surface area contributed by atoms with E-state index in [-0.39, 0.29) is 0 Å². The Hall–Kier alpha value is -1.07. The molecule has 2 heterocycles. The van der Waals surface area contributed by atoms with Crippen molar-refractivity contribution in [2.75, 3.05) is 0 Å². The van der Waals surface area contributed by atoms with Crippen LogP contribution >= 0.6 is 47.0 Å². The first kappa shape index (κ1) is 12.9. The lowest BCUT2D eigenvalue weighted by molar-refractivity contribution is 1.04. The van der Waals surface area contributed by atoms with E-state index in [9.17, 15) is 0 Å². The van der Waals surface area contributed by atoms with Crippen molar-refractivity contribution < 1.29 is 0 Å². The van der Waals surface area contributed by atoms with Gasteiger partial charge in [0.15, 0.2) is 10.4 Å². The van der Waals surface area contributed by atoms with Gasteiger partial charge < -0.3 is 4.98 Å². The summed E-state index contributed by atoms with van der Waals surface area (Å²) in [5.41, 5.74) is 2.08. The number of hydrogen-bond acceptors (Lipinski definition) is 2. The first-order valence-electron chi connectivity index (χ1n) is 5.28. The van der Waals surface area contributed by atoms with Crippen LogP contribution in [0.25, 0.3) is 16.9 Å². The number of pyridine rings is 1. The Bertz CT molecular complexity index is 838. The number of aromatic nitrogens is 3. The molecular formula is C12H6Cl3N3S. The smallest absolute Gasteiger partial charge is 0.184 e. The third-order valence-corrected chi connectivity index (χ3v) is 3.96. The Balaban J connectivity index is 2.40. The maximum absolute atomic E-state index is 6.22. The van der Waals surface area contributed by atoms with Gasteiger partial charge >= 0.3 is 0 Å². The van der Waals surface area contributed by atoms with Crippen LogP contribution in [0.3, 0.4) is 0 Å². The maximum Gasteiger partial charge on any atom is 0.184 e. The molecule has 19 heavy (non-hydrogen) atoms. The molecule has 0 spiro atoms. The van der Waals surface area contributed by atoms with Crippen LogP contribution in [0.15, 0.2) is 30.5 Å². The summed E-state index contributed by atoms with van der Waals surface area (Å²) < 4.78 is 2.21. The van der Waals surface area contributed by atoms with E-state index in [1.807, 2.05) is 6.07 Å². The van der Waals surface area contributed by atoms with E-state index in [2.05, 4.69) is 9.97 Å². The van der Waals surface area contributed by atoms with Gasteiger partial charge in [-0.3, -0.25) is 4.57 Å². The number of nitrogens with one attached hydrogen (secondary N) is 1. The van der Waals surface area contributed by atoms with Crippen LogP contribution in [0, 0.1) is 4.77 Å².